The molecule has 19 heavy (non-hydrogen) atoms. The summed E-state index contributed by atoms with van der Waals surface area (Å²) in [5.41, 5.74) is 0.659. The van der Waals surface area contributed by atoms with Crippen LogP contribution in [0.5, 0.6) is 0 Å². The number of nitrogens with zero attached hydrogens (tertiary/aromatic N) is 3. The number of alkyl halides is 2. The SMILES string of the molecule is CCOC(=O)c1csc(-c2ccn(CC(F)F)n2)n1. The van der Waals surface area contributed by atoms with Gasteiger partial charge in [-0.05, 0) is 13.0 Å². The molecular formula is C11H11F2N3O2S. The minimum atomic E-state index is -2.46. The highest BCUT2D eigenvalue weighted by Gasteiger charge is 2.14. The number of hydrogen-bond acceptors (Lipinski definition) is 5. The lowest BCUT2D eigenvalue weighted by atomic mass is 10.4. The van der Waals surface area contributed by atoms with E-state index in [0.29, 0.717) is 10.7 Å². The Morgan fingerprint density at radius 2 is 2.37 bits per heavy atom. The van der Waals surface area contributed by atoms with Crippen LogP contribution in [-0.2, 0) is 11.3 Å². The summed E-state index contributed by atoms with van der Waals surface area (Å²) >= 11 is 1.21. The molecule has 0 aliphatic heterocycles. The maximum absolute atomic E-state index is 12.2. The van der Waals surface area contributed by atoms with Crippen LogP contribution >= 0.6 is 11.3 Å². The van der Waals surface area contributed by atoms with E-state index >= 15 is 0 Å². The third-order valence-electron chi connectivity index (χ3n) is 2.17. The van der Waals surface area contributed by atoms with Crippen LogP contribution in [0.3, 0.4) is 0 Å². The van der Waals surface area contributed by atoms with Crippen LogP contribution in [0.15, 0.2) is 17.6 Å². The van der Waals surface area contributed by atoms with Crippen LogP contribution < -0.4 is 0 Å². The van der Waals surface area contributed by atoms with Crippen molar-refractivity contribution in [1.29, 1.82) is 0 Å². The minimum Gasteiger partial charge on any atom is -0.461 e. The molecule has 0 N–H and O–H groups in total. The molecule has 0 aliphatic rings. The second-order valence-corrected chi connectivity index (χ2v) is 4.43. The maximum atomic E-state index is 12.2. The number of carbonyl (C=O) groups is 1. The van der Waals surface area contributed by atoms with Gasteiger partial charge in [0.1, 0.15) is 17.2 Å². The van der Waals surface area contributed by atoms with Crippen molar-refractivity contribution in [3.63, 3.8) is 0 Å². The molecule has 2 aromatic rings. The molecule has 8 heteroatoms. The van der Waals surface area contributed by atoms with Crippen molar-refractivity contribution >= 4 is 17.3 Å². The van der Waals surface area contributed by atoms with Gasteiger partial charge >= 0.3 is 5.97 Å². The van der Waals surface area contributed by atoms with E-state index in [9.17, 15) is 13.6 Å². The monoisotopic (exact) mass is 287 g/mol. The topological polar surface area (TPSA) is 57.0 Å². The van der Waals surface area contributed by atoms with Gasteiger partial charge in [0.2, 0.25) is 0 Å². The molecule has 102 valence electrons. The average Bonchev–Trinajstić information content (AvgIpc) is 2.96. The van der Waals surface area contributed by atoms with Crippen molar-refractivity contribution in [3.05, 3.63) is 23.3 Å². The lowest BCUT2D eigenvalue weighted by Crippen LogP contribution is -2.07. The largest absolute Gasteiger partial charge is 0.461 e. The van der Waals surface area contributed by atoms with E-state index in [0.717, 1.165) is 4.68 Å². The highest BCUT2D eigenvalue weighted by molar-refractivity contribution is 7.13. The molecule has 0 aromatic carbocycles. The van der Waals surface area contributed by atoms with Crippen LogP contribution in [0.1, 0.15) is 17.4 Å². The van der Waals surface area contributed by atoms with E-state index in [4.69, 9.17) is 4.74 Å². The number of aromatic nitrogens is 3. The summed E-state index contributed by atoms with van der Waals surface area (Å²) < 4.78 is 30.3. The van der Waals surface area contributed by atoms with E-state index in [1.54, 1.807) is 18.4 Å². The average molecular weight is 287 g/mol. The van der Waals surface area contributed by atoms with Crippen LogP contribution in [-0.4, -0.2) is 33.8 Å². The first-order chi connectivity index (χ1) is 9.10. The predicted molar refractivity (Wildman–Crippen MR) is 65.3 cm³/mol. The smallest absolute Gasteiger partial charge is 0.357 e. The van der Waals surface area contributed by atoms with Crippen LogP contribution in [0.25, 0.3) is 10.7 Å². The number of hydrogen-bond donors (Lipinski definition) is 0. The number of halogens is 2. The summed E-state index contributed by atoms with van der Waals surface area (Å²) in [4.78, 5) is 15.5. The van der Waals surface area contributed by atoms with Crippen molar-refractivity contribution in [3.8, 4) is 10.7 Å². The number of rotatable bonds is 5. The van der Waals surface area contributed by atoms with Gasteiger partial charge < -0.3 is 4.74 Å². The molecule has 0 bridgehead atoms. The summed E-state index contributed by atoms with van der Waals surface area (Å²) in [6, 6.07) is 1.58. The molecule has 0 saturated heterocycles. The normalized spacial score (nSPS) is 10.9. The first-order valence-corrected chi connectivity index (χ1v) is 6.42. The maximum Gasteiger partial charge on any atom is 0.357 e. The molecule has 2 heterocycles. The quantitative estimate of drug-likeness (QED) is 0.793. The van der Waals surface area contributed by atoms with Gasteiger partial charge in [-0.15, -0.1) is 11.3 Å². The van der Waals surface area contributed by atoms with Gasteiger partial charge in [0, 0.05) is 11.6 Å². The fraction of sp³-hybridized carbons (Fsp3) is 0.364. The van der Waals surface area contributed by atoms with Crippen molar-refractivity contribution in [2.45, 2.75) is 19.9 Å². The summed E-state index contributed by atoms with van der Waals surface area (Å²) in [6.07, 6.45) is -1.01. The zero-order valence-corrected chi connectivity index (χ0v) is 10.9. The van der Waals surface area contributed by atoms with E-state index in [1.807, 2.05) is 0 Å². The van der Waals surface area contributed by atoms with E-state index in [2.05, 4.69) is 10.1 Å². The van der Waals surface area contributed by atoms with Gasteiger partial charge in [-0.3, -0.25) is 4.68 Å². The first-order valence-electron chi connectivity index (χ1n) is 5.54. The molecule has 2 rings (SSSR count). The van der Waals surface area contributed by atoms with E-state index < -0.39 is 18.9 Å². The van der Waals surface area contributed by atoms with E-state index in [1.165, 1.54) is 17.5 Å². The van der Waals surface area contributed by atoms with Crippen molar-refractivity contribution in [1.82, 2.24) is 14.8 Å². The molecular weight excluding hydrogens is 276 g/mol. The number of carbonyl (C=O) groups excluding carboxylic acids is 1. The molecule has 0 spiro atoms. The molecule has 0 amide bonds. The predicted octanol–water partition coefficient (Wildman–Crippen LogP) is 2.45. The van der Waals surface area contributed by atoms with Gasteiger partial charge in [0.05, 0.1) is 6.61 Å². The zero-order valence-electron chi connectivity index (χ0n) is 10.0. The standard InChI is InChI=1S/C11H11F2N3O2S/c1-2-18-11(17)8-6-19-10(14-8)7-3-4-16(15-7)5-9(12)13/h3-4,6,9H,2,5H2,1H3. The van der Waals surface area contributed by atoms with Crippen LogP contribution in [0.4, 0.5) is 8.78 Å². The highest BCUT2D eigenvalue weighted by Crippen LogP contribution is 2.22. The summed E-state index contributed by atoms with van der Waals surface area (Å²) in [5, 5.41) is 6.02. The lowest BCUT2D eigenvalue weighted by molar-refractivity contribution is 0.0520. The van der Waals surface area contributed by atoms with Gasteiger partial charge in [0.15, 0.2) is 5.69 Å². The van der Waals surface area contributed by atoms with Crippen LogP contribution in [0.2, 0.25) is 0 Å². The van der Waals surface area contributed by atoms with Crippen molar-refractivity contribution in [2.24, 2.45) is 0 Å². The van der Waals surface area contributed by atoms with E-state index in [-0.39, 0.29) is 12.3 Å². The van der Waals surface area contributed by atoms with Gasteiger partial charge in [-0.1, -0.05) is 0 Å². The summed E-state index contributed by atoms with van der Waals surface area (Å²) in [7, 11) is 0. The molecule has 0 unspecified atom stereocenters. The molecule has 2 aromatic heterocycles. The molecule has 0 radical (unpaired) electrons. The number of thiazole rings is 1. The molecule has 0 aliphatic carbocycles. The Bertz CT molecular complexity index is 568. The minimum absolute atomic E-state index is 0.199. The number of esters is 1. The summed E-state index contributed by atoms with van der Waals surface area (Å²) in [5.74, 6) is -0.503. The molecule has 5 nitrogen and oxygen atoms in total. The van der Waals surface area contributed by atoms with Crippen LogP contribution in [0, 0.1) is 0 Å². The highest BCUT2D eigenvalue weighted by atomic mass is 32.1. The second-order valence-electron chi connectivity index (χ2n) is 3.57. The van der Waals surface area contributed by atoms with Crippen molar-refractivity contribution < 1.29 is 18.3 Å². The Morgan fingerprint density at radius 1 is 1.58 bits per heavy atom. The van der Waals surface area contributed by atoms with Crippen molar-refractivity contribution in [2.75, 3.05) is 6.61 Å². The van der Waals surface area contributed by atoms with Gasteiger partial charge in [-0.2, -0.15) is 5.10 Å². The third kappa shape index (κ3) is 3.34. The number of ether oxygens (including phenoxy) is 1. The molecule has 0 fully saturated rings. The Morgan fingerprint density at radius 3 is 3.05 bits per heavy atom. The Labute approximate surface area is 111 Å². The van der Waals surface area contributed by atoms with Gasteiger partial charge in [-0.25, -0.2) is 18.6 Å². The Hall–Kier alpha value is -1.83. The molecule has 0 atom stereocenters. The third-order valence-corrected chi connectivity index (χ3v) is 3.04. The second kappa shape index (κ2) is 5.87. The zero-order chi connectivity index (χ0) is 13.8. The van der Waals surface area contributed by atoms with Gasteiger partial charge in [0.25, 0.3) is 6.43 Å². The Balaban J connectivity index is 2.14. The summed E-state index contributed by atoms with van der Waals surface area (Å²) in [6.45, 7) is 1.52. The molecule has 0 saturated carbocycles. The first kappa shape index (κ1) is 13.6. The fourth-order valence-corrected chi connectivity index (χ4v) is 2.16. The lowest BCUT2D eigenvalue weighted by Gasteiger charge is -1.98. The Kier molecular flexibility index (Phi) is 4.20. The fourth-order valence-electron chi connectivity index (χ4n) is 1.41.